The van der Waals surface area contributed by atoms with Crippen molar-refractivity contribution in [3.05, 3.63) is 29.8 Å². The van der Waals surface area contributed by atoms with Crippen molar-refractivity contribution in [2.45, 2.75) is 39.2 Å². The van der Waals surface area contributed by atoms with E-state index in [1.165, 1.54) is 12.1 Å². The van der Waals surface area contributed by atoms with Gasteiger partial charge in [-0.3, -0.25) is 14.4 Å². The van der Waals surface area contributed by atoms with E-state index in [2.05, 4.69) is 0 Å². The number of nitrogens with zero attached hydrogens (tertiary/aromatic N) is 3. The molecule has 152 valence electrons. The average Bonchev–Trinajstić information content (AvgIpc) is 2.87. The van der Waals surface area contributed by atoms with Gasteiger partial charge in [0, 0.05) is 50.2 Å². The van der Waals surface area contributed by atoms with Crippen LogP contribution >= 0.6 is 0 Å². The fourth-order valence-electron chi connectivity index (χ4n) is 3.94. The Balaban J connectivity index is 1.61. The lowest BCUT2D eigenvalue weighted by atomic mass is 10.1. The van der Waals surface area contributed by atoms with Crippen LogP contribution in [0.5, 0.6) is 5.75 Å². The first-order valence-electron chi connectivity index (χ1n) is 9.84. The fourth-order valence-corrected chi connectivity index (χ4v) is 3.94. The molecule has 0 bridgehead atoms. The summed E-state index contributed by atoms with van der Waals surface area (Å²) in [5, 5.41) is 9.60. The molecule has 2 fully saturated rings. The number of likely N-dealkylation sites (tertiary alicyclic amines) is 1. The van der Waals surface area contributed by atoms with E-state index in [0.717, 1.165) is 0 Å². The molecule has 28 heavy (non-hydrogen) atoms. The average molecular weight is 387 g/mol. The van der Waals surface area contributed by atoms with Crippen LogP contribution in [0.1, 0.15) is 44.0 Å². The van der Waals surface area contributed by atoms with Crippen LogP contribution in [0.2, 0.25) is 0 Å². The molecule has 0 aliphatic carbocycles. The van der Waals surface area contributed by atoms with E-state index in [-0.39, 0.29) is 41.3 Å². The maximum Gasteiger partial charge on any atom is 0.254 e. The molecular formula is C21H29N3O4. The van der Waals surface area contributed by atoms with Gasteiger partial charge in [0.15, 0.2) is 0 Å². The predicted molar refractivity (Wildman–Crippen MR) is 105 cm³/mol. The second-order valence-corrected chi connectivity index (χ2v) is 8.60. The molecule has 0 spiro atoms. The molecule has 7 nitrogen and oxygen atoms in total. The number of phenolic OH excluding ortho intramolecular Hbond substituents is 1. The molecule has 3 amide bonds. The van der Waals surface area contributed by atoms with Crippen LogP contribution in [0.25, 0.3) is 0 Å². The van der Waals surface area contributed by atoms with Crippen molar-refractivity contribution in [1.29, 1.82) is 0 Å². The van der Waals surface area contributed by atoms with E-state index in [1.807, 2.05) is 20.8 Å². The quantitative estimate of drug-likeness (QED) is 0.838. The number of hydrogen-bond acceptors (Lipinski definition) is 4. The normalized spacial score (nSPS) is 21.0. The molecule has 1 N–H and O–H groups in total. The van der Waals surface area contributed by atoms with Gasteiger partial charge in [-0.25, -0.2) is 0 Å². The molecule has 2 aliphatic rings. The summed E-state index contributed by atoms with van der Waals surface area (Å²) in [4.78, 5) is 43.3. The van der Waals surface area contributed by atoms with E-state index < -0.39 is 0 Å². The molecule has 0 saturated carbocycles. The minimum absolute atomic E-state index is 0.00625. The van der Waals surface area contributed by atoms with E-state index >= 15 is 0 Å². The minimum Gasteiger partial charge on any atom is -0.508 e. The molecule has 1 aromatic rings. The lowest BCUT2D eigenvalue weighted by Crippen LogP contribution is -2.44. The highest BCUT2D eigenvalue weighted by Crippen LogP contribution is 2.27. The molecule has 0 radical (unpaired) electrons. The highest BCUT2D eigenvalue weighted by Gasteiger charge is 2.41. The molecule has 2 saturated heterocycles. The first-order valence-corrected chi connectivity index (χ1v) is 9.84. The van der Waals surface area contributed by atoms with E-state index in [9.17, 15) is 19.5 Å². The number of carbonyl (C=O) groups excluding carboxylic acids is 3. The lowest BCUT2D eigenvalue weighted by molar-refractivity contribution is -0.135. The van der Waals surface area contributed by atoms with E-state index in [0.29, 0.717) is 44.7 Å². The van der Waals surface area contributed by atoms with E-state index in [1.54, 1.807) is 26.8 Å². The van der Waals surface area contributed by atoms with Crippen LogP contribution in [-0.2, 0) is 9.59 Å². The van der Waals surface area contributed by atoms with Gasteiger partial charge in [-0.05, 0) is 45.4 Å². The number of aromatic hydroxyl groups is 1. The fraction of sp³-hybridized carbons (Fsp3) is 0.571. The third-order valence-corrected chi connectivity index (χ3v) is 5.47. The van der Waals surface area contributed by atoms with Crippen LogP contribution in [0.4, 0.5) is 0 Å². The Kier molecular flexibility index (Phi) is 5.63. The second kappa shape index (κ2) is 7.81. The Hall–Kier alpha value is -2.57. The van der Waals surface area contributed by atoms with Crippen molar-refractivity contribution < 1.29 is 19.5 Å². The first-order chi connectivity index (χ1) is 13.2. The van der Waals surface area contributed by atoms with Crippen molar-refractivity contribution >= 4 is 17.7 Å². The van der Waals surface area contributed by atoms with E-state index in [4.69, 9.17) is 0 Å². The summed E-state index contributed by atoms with van der Waals surface area (Å²) in [5.41, 5.74) is 0.164. The highest BCUT2D eigenvalue weighted by molar-refractivity contribution is 5.94. The number of amides is 3. The third kappa shape index (κ3) is 4.29. The van der Waals surface area contributed by atoms with Crippen molar-refractivity contribution in [3.8, 4) is 5.75 Å². The van der Waals surface area contributed by atoms with Gasteiger partial charge in [-0.2, -0.15) is 0 Å². The first kappa shape index (κ1) is 20.2. The van der Waals surface area contributed by atoms with Crippen LogP contribution in [0.15, 0.2) is 24.3 Å². The zero-order valence-electron chi connectivity index (χ0n) is 16.9. The molecule has 1 aromatic carbocycles. The van der Waals surface area contributed by atoms with Gasteiger partial charge in [-0.1, -0.05) is 6.07 Å². The van der Waals surface area contributed by atoms with Gasteiger partial charge >= 0.3 is 0 Å². The van der Waals surface area contributed by atoms with Gasteiger partial charge in [0.25, 0.3) is 5.91 Å². The number of rotatable bonds is 2. The van der Waals surface area contributed by atoms with Crippen LogP contribution < -0.4 is 0 Å². The highest BCUT2D eigenvalue weighted by atomic mass is 16.3. The van der Waals surface area contributed by atoms with Crippen LogP contribution in [-0.4, -0.2) is 75.8 Å². The standard InChI is InChI=1S/C21H29N3O4/c1-21(2,3)24-14-16(13-18(24)26)20(28)23-9-5-8-22(10-11-23)19(27)15-6-4-7-17(25)12-15/h4,6-7,12,16,25H,5,8-11,13-14H2,1-3H3. The summed E-state index contributed by atoms with van der Waals surface area (Å²) < 4.78 is 0. The zero-order chi connectivity index (χ0) is 20.5. The molecular weight excluding hydrogens is 358 g/mol. The summed E-state index contributed by atoms with van der Waals surface area (Å²) in [5.74, 6) is -0.347. The van der Waals surface area contributed by atoms with Crippen LogP contribution in [0.3, 0.4) is 0 Å². The zero-order valence-corrected chi connectivity index (χ0v) is 16.9. The molecule has 2 heterocycles. The Labute approximate surface area is 165 Å². The molecule has 7 heteroatoms. The number of phenols is 1. The van der Waals surface area contributed by atoms with Gasteiger partial charge in [-0.15, -0.1) is 0 Å². The summed E-state index contributed by atoms with van der Waals surface area (Å²) >= 11 is 0. The topological polar surface area (TPSA) is 81.2 Å². The SMILES string of the molecule is CC(C)(C)N1CC(C(=O)N2CCCN(C(=O)c3cccc(O)c3)CC2)CC1=O. The third-order valence-electron chi connectivity index (χ3n) is 5.47. The maximum atomic E-state index is 13.0. The summed E-state index contributed by atoms with van der Waals surface area (Å²) in [6.45, 7) is 8.47. The summed E-state index contributed by atoms with van der Waals surface area (Å²) in [6.07, 6.45) is 0.957. The molecule has 1 atom stereocenters. The van der Waals surface area contributed by atoms with Crippen LogP contribution in [0, 0.1) is 5.92 Å². The molecule has 1 unspecified atom stereocenters. The smallest absolute Gasteiger partial charge is 0.254 e. The van der Waals surface area contributed by atoms with Crippen molar-refractivity contribution in [2.75, 3.05) is 32.7 Å². The number of benzene rings is 1. The Morgan fingerprint density at radius 3 is 2.39 bits per heavy atom. The van der Waals surface area contributed by atoms with Crippen molar-refractivity contribution in [3.63, 3.8) is 0 Å². The Morgan fingerprint density at radius 2 is 1.75 bits per heavy atom. The molecule has 2 aliphatic heterocycles. The lowest BCUT2D eigenvalue weighted by Gasteiger charge is -2.32. The van der Waals surface area contributed by atoms with Gasteiger partial charge in [0.1, 0.15) is 5.75 Å². The van der Waals surface area contributed by atoms with Crippen molar-refractivity contribution in [2.24, 2.45) is 5.92 Å². The maximum absolute atomic E-state index is 13.0. The monoisotopic (exact) mass is 387 g/mol. The largest absolute Gasteiger partial charge is 0.508 e. The molecule has 0 aromatic heterocycles. The predicted octanol–water partition coefficient (Wildman–Crippen LogP) is 1.71. The number of hydrogen-bond donors (Lipinski definition) is 1. The second-order valence-electron chi connectivity index (χ2n) is 8.60. The minimum atomic E-state index is -0.306. The molecule has 3 rings (SSSR count). The Morgan fingerprint density at radius 1 is 1.07 bits per heavy atom. The van der Waals surface area contributed by atoms with Gasteiger partial charge in [0.2, 0.25) is 11.8 Å². The number of carbonyl (C=O) groups is 3. The van der Waals surface area contributed by atoms with Crippen molar-refractivity contribution in [1.82, 2.24) is 14.7 Å². The summed E-state index contributed by atoms with van der Waals surface area (Å²) in [7, 11) is 0. The summed E-state index contributed by atoms with van der Waals surface area (Å²) in [6, 6.07) is 6.32. The van der Waals surface area contributed by atoms with Gasteiger partial charge in [0.05, 0.1) is 5.92 Å². The Bertz CT molecular complexity index is 771. The van der Waals surface area contributed by atoms with Gasteiger partial charge < -0.3 is 19.8 Å².